The molecule has 4 heteroatoms. The fraction of sp³-hybridized carbons (Fsp3) is 0.0588. The van der Waals surface area contributed by atoms with Gasteiger partial charge < -0.3 is 4.74 Å². The second kappa shape index (κ2) is 5.63. The summed E-state index contributed by atoms with van der Waals surface area (Å²) in [4.78, 5) is 11.7. The number of carbonyl (C=O) groups excluding carboxylic acids is 1. The average molecular weight is 278 g/mol. The summed E-state index contributed by atoms with van der Waals surface area (Å²) in [5.41, 5.74) is 3.03. The Morgan fingerprint density at radius 2 is 1.62 bits per heavy atom. The third kappa shape index (κ3) is 2.56. The Kier molecular flexibility index (Phi) is 3.51. The van der Waals surface area contributed by atoms with E-state index in [4.69, 9.17) is 4.74 Å². The van der Waals surface area contributed by atoms with E-state index in [1.807, 2.05) is 60.7 Å². The van der Waals surface area contributed by atoms with Crippen LogP contribution >= 0.6 is 0 Å². The van der Waals surface area contributed by atoms with E-state index >= 15 is 0 Å². The summed E-state index contributed by atoms with van der Waals surface area (Å²) in [6.45, 7) is 0. The first kappa shape index (κ1) is 13.1. The smallest absolute Gasteiger partial charge is 0.358 e. The Morgan fingerprint density at radius 1 is 1.00 bits per heavy atom. The molecule has 104 valence electrons. The van der Waals surface area contributed by atoms with E-state index in [0.29, 0.717) is 5.69 Å². The van der Waals surface area contributed by atoms with Gasteiger partial charge in [0.25, 0.3) is 0 Å². The maximum Gasteiger partial charge on any atom is 0.358 e. The molecule has 0 fully saturated rings. The molecule has 0 aliphatic carbocycles. The topological polar surface area (TPSA) is 44.1 Å². The second-order valence-corrected chi connectivity index (χ2v) is 4.52. The minimum atomic E-state index is -0.443. The second-order valence-electron chi connectivity index (χ2n) is 4.52. The number of rotatable bonds is 3. The predicted octanol–water partition coefficient (Wildman–Crippen LogP) is 3.33. The highest BCUT2D eigenvalue weighted by Crippen LogP contribution is 2.24. The Morgan fingerprint density at radius 3 is 2.24 bits per heavy atom. The van der Waals surface area contributed by atoms with Gasteiger partial charge in [-0.25, -0.2) is 9.48 Å². The van der Waals surface area contributed by atoms with Crippen molar-refractivity contribution in [1.82, 2.24) is 9.78 Å². The van der Waals surface area contributed by atoms with Gasteiger partial charge in [0.1, 0.15) is 0 Å². The first-order valence-electron chi connectivity index (χ1n) is 6.59. The lowest BCUT2D eigenvalue weighted by Gasteiger charge is -2.07. The molecule has 0 unspecified atom stereocenters. The van der Waals surface area contributed by atoms with Crippen LogP contribution in [0.3, 0.4) is 0 Å². The molecule has 0 amide bonds. The minimum Gasteiger partial charge on any atom is -0.464 e. The molecule has 0 aliphatic rings. The number of hydrogen-bond donors (Lipinski definition) is 0. The normalized spacial score (nSPS) is 10.3. The lowest BCUT2D eigenvalue weighted by molar-refractivity contribution is 0.0593. The van der Waals surface area contributed by atoms with Crippen molar-refractivity contribution in [2.75, 3.05) is 7.11 Å². The zero-order valence-corrected chi connectivity index (χ0v) is 11.6. The zero-order chi connectivity index (χ0) is 14.7. The van der Waals surface area contributed by atoms with E-state index < -0.39 is 5.97 Å². The summed E-state index contributed by atoms with van der Waals surface area (Å²) >= 11 is 0. The average Bonchev–Trinajstić information content (AvgIpc) is 3.01. The third-order valence-corrected chi connectivity index (χ3v) is 3.17. The highest BCUT2D eigenvalue weighted by molar-refractivity contribution is 5.88. The molecule has 0 radical (unpaired) electrons. The lowest BCUT2D eigenvalue weighted by atomic mass is 10.1. The molecule has 1 heterocycles. The summed E-state index contributed by atoms with van der Waals surface area (Å²) in [6, 6.07) is 21.3. The largest absolute Gasteiger partial charge is 0.464 e. The van der Waals surface area contributed by atoms with Crippen molar-refractivity contribution in [3.63, 3.8) is 0 Å². The van der Waals surface area contributed by atoms with E-state index in [1.165, 1.54) is 7.11 Å². The van der Waals surface area contributed by atoms with Crippen LogP contribution in [-0.4, -0.2) is 22.9 Å². The standard InChI is InChI=1S/C17H14N2O2/c1-21-17(20)15-12-16(13-8-4-2-5-9-13)19(18-15)14-10-6-3-7-11-14/h2-12H,1H3. The molecule has 3 rings (SSSR count). The van der Waals surface area contributed by atoms with Crippen LogP contribution in [0.15, 0.2) is 66.7 Å². The number of nitrogens with zero attached hydrogens (tertiary/aromatic N) is 2. The van der Waals surface area contributed by atoms with Crippen LogP contribution in [-0.2, 0) is 4.74 Å². The number of para-hydroxylation sites is 1. The number of benzene rings is 2. The molecule has 0 aliphatic heterocycles. The van der Waals surface area contributed by atoms with Gasteiger partial charge >= 0.3 is 5.97 Å². The molecule has 0 N–H and O–H groups in total. The molecule has 2 aromatic carbocycles. The Labute approximate surface area is 122 Å². The fourth-order valence-electron chi connectivity index (χ4n) is 2.17. The summed E-state index contributed by atoms with van der Waals surface area (Å²) in [7, 11) is 1.35. The van der Waals surface area contributed by atoms with Gasteiger partial charge in [-0.2, -0.15) is 5.10 Å². The van der Waals surface area contributed by atoms with E-state index in [-0.39, 0.29) is 0 Å². The molecule has 21 heavy (non-hydrogen) atoms. The molecular formula is C17H14N2O2. The molecule has 0 saturated heterocycles. The maximum absolute atomic E-state index is 11.7. The van der Waals surface area contributed by atoms with Gasteiger partial charge in [0.05, 0.1) is 18.5 Å². The number of aromatic nitrogens is 2. The van der Waals surface area contributed by atoms with Crippen molar-refractivity contribution < 1.29 is 9.53 Å². The van der Waals surface area contributed by atoms with Crippen LogP contribution in [0.4, 0.5) is 0 Å². The van der Waals surface area contributed by atoms with E-state index in [2.05, 4.69) is 5.10 Å². The van der Waals surface area contributed by atoms with Crippen molar-refractivity contribution in [3.8, 4) is 16.9 Å². The van der Waals surface area contributed by atoms with Gasteiger partial charge in [0.2, 0.25) is 0 Å². The summed E-state index contributed by atoms with van der Waals surface area (Å²) in [5.74, 6) is -0.443. The fourth-order valence-corrected chi connectivity index (χ4v) is 2.17. The number of ether oxygens (including phenoxy) is 1. The predicted molar refractivity (Wildman–Crippen MR) is 80.3 cm³/mol. The molecule has 4 nitrogen and oxygen atoms in total. The Hall–Kier alpha value is -2.88. The number of esters is 1. The quantitative estimate of drug-likeness (QED) is 0.690. The summed E-state index contributed by atoms with van der Waals surface area (Å²) in [6.07, 6.45) is 0. The van der Waals surface area contributed by atoms with Gasteiger partial charge in [0.15, 0.2) is 5.69 Å². The molecule has 1 aromatic heterocycles. The van der Waals surface area contributed by atoms with Crippen molar-refractivity contribution in [3.05, 3.63) is 72.4 Å². The number of hydrogen-bond acceptors (Lipinski definition) is 3. The molecule has 0 atom stereocenters. The van der Waals surface area contributed by atoms with Crippen molar-refractivity contribution >= 4 is 5.97 Å². The first-order chi connectivity index (χ1) is 10.3. The minimum absolute atomic E-state index is 0.292. The first-order valence-corrected chi connectivity index (χ1v) is 6.59. The van der Waals surface area contributed by atoms with Crippen molar-refractivity contribution in [2.24, 2.45) is 0 Å². The highest BCUT2D eigenvalue weighted by Gasteiger charge is 2.16. The summed E-state index contributed by atoms with van der Waals surface area (Å²) < 4.78 is 6.51. The molecular weight excluding hydrogens is 264 g/mol. The lowest BCUT2D eigenvalue weighted by Crippen LogP contribution is -2.04. The van der Waals surface area contributed by atoms with Crippen LogP contribution in [0, 0.1) is 0 Å². The van der Waals surface area contributed by atoms with Crippen LogP contribution in [0.25, 0.3) is 16.9 Å². The Bertz CT molecular complexity index is 692. The third-order valence-electron chi connectivity index (χ3n) is 3.17. The molecule has 3 aromatic rings. The zero-order valence-electron chi connectivity index (χ0n) is 11.6. The SMILES string of the molecule is COC(=O)c1cc(-c2ccccc2)n(-c2ccccc2)n1. The van der Waals surface area contributed by atoms with Crippen LogP contribution in [0.2, 0.25) is 0 Å². The van der Waals surface area contributed by atoms with Crippen molar-refractivity contribution in [1.29, 1.82) is 0 Å². The summed E-state index contributed by atoms with van der Waals surface area (Å²) in [5, 5.41) is 4.37. The van der Waals surface area contributed by atoms with Crippen molar-refractivity contribution in [2.45, 2.75) is 0 Å². The van der Waals surface area contributed by atoms with Crippen LogP contribution < -0.4 is 0 Å². The van der Waals surface area contributed by atoms with Gasteiger partial charge in [-0.05, 0) is 18.2 Å². The van der Waals surface area contributed by atoms with Gasteiger partial charge in [-0.3, -0.25) is 0 Å². The van der Waals surface area contributed by atoms with Gasteiger partial charge in [-0.1, -0.05) is 48.5 Å². The maximum atomic E-state index is 11.7. The van der Waals surface area contributed by atoms with E-state index in [0.717, 1.165) is 16.9 Å². The number of carbonyl (C=O) groups is 1. The van der Waals surface area contributed by atoms with Gasteiger partial charge in [0, 0.05) is 5.56 Å². The van der Waals surface area contributed by atoms with Crippen LogP contribution in [0.1, 0.15) is 10.5 Å². The molecule has 0 saturated carbocycles. The Balaban J connectivity index is 2.18. The molecule has 0 spiro atoms. The van der Waals surface area contributed by atoms with Crippen LogP contribution in [0.5, 0.6) is 0 Å². The van der Waals surface area contributed by atoms with E-state index in [1.54, 1.807) is 10.7 Å². The number of methoxy groups -OCH3 is 1. The highest BCUT2D eigenvalue weighted by atomic mass is 16.5. The van der Waals surface area contributed by atoms with Gasteiger partial charge in [-0.15, -0.1) is 0 Å². The van der Waals surface area contributed by atoms with E-state index in [9.17, 15) is 4.79 Å². The monoisotopic (exact) mass is 278 g/mol. The molecule has 0 bridgehead atoms.